The van der Waals surface area contributed by atoms with E-state index >= 15 is 0 Å². The number of hydrogen-bond acceptors (Lipinski definition) is 6. The number of amidine groups is 1. The molecule has 2 unspecified atom stereocenters. The zero-order valence-corrected chi connectivity index (χ0v) is 23.2. The summed E-state index contributed by atoms with van der Waals surface area (Å²) in [6.07, 6.45) is -0.215. The largest absolute Gasteiger partial charge is 0.384 e. The van der Waals surface area contributed by atoms with E-state index in [1.807, 2.05) is 0 Å². The van der Waals surface area contributed by atoms with Gasteiger partial charge in [-0.25, -0.2) is 13.1 Å². The third-order valence-corrected chi connectivity index (χ3v) is 7.52. The van der Waals surface area contributed by atoms with Gasteiger partial charge in [-0.2, -0.15) is 0 Å². The second-order valence-corrected chi connectivity index (χ2v) is 11.3. The topological polar surface area (TPSA) is 197 Å². The first-order chi connectivity index (χ1) is 19.5. The predicted octanol–water partition coefficient (Wildman–Crippen LogP) is 1.07. The summed E-state index contributed by atoms with van der Waals surface area (Å²) in [5, 5.41) is 12.8. The average Bonchev–Trinajstić information content (AvgIpc) is 2.94. The molecular formula is C29H34N6O5S. The lowest BCUT2D eigenvalue weighted by molar-refractivity contribution is -0.130. The zero-order chi connectivity index (χ0) is 29.8. The maximum atomic E-state index is 13.4. The summed E-state index contributed by atoms with van der Waals surface area (Å²) in [5.41, 5.74) is 13.3. The van der Waals surface area contributed by atoms with E-state index in [-0.39, 0.29) is 37.4 Å². The van der Waals surface area contributed by atoms with E-state index in [1.54, 1.807) is 84.9 Å². The first kappa shape index (κ1) is 31.0. The molecule has 8 N–H and O–H groups in total. The van der Waals surface area contributed by atoms with Crippen molar-refractivity contribution in [1.82, 2.24) is 15.4 Å². The second kappa shape index (κ2) is 14.7. The van der Waals surface area contributed by atoms with Crippen molar-refractivity contribution in [2.75, 3.05) is 0 Å². The number of carbonyl (C=O) groups is 3. The number of hydrogen-bond donors (Lipinski definition) is 6. The molecule has 0 saturated heterocycles. The Kier molecular flexibility index (Phi) is 11.1. The second-order valence-electron chi connectivity index (χ2n) is 9.50. The van der Waals surface area contributed by atoms with Crippen LogP contribution in [0.15, 0.2) is 84.9 Å². The maximum Gasteiger partial charge on any atom is 0.242 e. The quantitative estimate of drug-likeness (QED) is 0.115. The Labute approximate surface area is 239 Å². The summed E-state index contributed by atoms with van der Waals surface area (Å²) in [4.78, 5) is 38.0. The standard InChI is InChI=1S/C29H34N6O5S/c30-26(36)16-15-24(28(37)33-18-21-11-13-23(14-12-21)27(31)32)34-29(38)25(17-20-7-3-1-4-8-20)35-41(39,40)19-22-9-5-2-6-10-22/h1-14,24-25,35H,15-19H2,(H2,30,36)(H3,31,32)(H,33,37)(H,34,38). The Hall–Kier alpha value is -4.55. The first-order valence-corrected chi connectivity index (χ1v) is 14.5. The molecule has 3 amide bonds. The van der Waals surface area contributed by atoms with Gasteiger partial charge in [-0.05, 0) is 29.5 Å². The Balaban J connectivity index is 1.75. The van der Waals surface area contributed by atoms with Crippen LogP contribution in [0.2, 0.25) is 0 Å². The van der Waals surface area contributed by atoms with Crippen LogP contribution in [0.4, 0.5) is 0 Å². The number of nitrogens with one attached hydrogen (secondary N) is 4. The van der Waals surface area contributed by atoms with Gasteiger partial charge in [0.25, 0.3) is 0 Å². The van der Waals surface area contributed by atoms with Crippen LogP contribution in [0.25, 0.3) is 0 Å². The van der Waals surface area contributed by atoms with Gasteiger partial charge in [0.1, 0.15) is 17.9 Å². The minimum Gasteiger partial charge on any atom is -0.384 e. The number of rotatable bonds is 15. The SMILES string of the molecule is N=C(N)c1ccc(CNC(=O)C(CCC(N)=O)NC(=O)C(Cc2ccccc2)NS(=O)(=O)Cc2ccccc2)cc1. The monoisotopic (exact) mass is 578 g/mol. The van der Waals surface area contributed by atoms with E-state index in [9.17, 15) is 22.8 Å². The number of benzene rings is 3. The van der Waals surface area contributed by atoms with E-state index in [2.05, 4.69) is 15.4 Å². The Morgan fingerprint density at radius 3 is 1.90 bits per heavy atom. The molecule has 0 spiro atoms. The van der Waals surface area contributed by atoms with E-state index < -0.39 is 39.8 Å². The summed E-state index contributed by atoms with van der Waals surface area (Å²) in [5.74, 6) is -2.36. The van der Waals surface area contributed by atoms with Gasteiger partial charge in [0, 0.05) is 18.5 Å². The summed E-state index contributed by atoms with van der Waals surface area (Å²) in [6.45, 7) is 0.108. The Morgan fingerprint density at radius 2 is 1.34 bits per heavy atom. The van der Waals surface area contributed by atoms with Crippen molar-refractivity contribution in [3.63, 3.8) is 0 Å². The number of primary amides is 1. The van der Waals surface area contributed by atoms with Gasteiger partial charge in [0.05, 0.1) is 5.75 Å². The normalized spacial score (nSPS) is 12.6. The molecule has 216 valence electrons. The molecule has 12 heteroatoms. The van der Waals surface area contributed by atoms with Crippen molar-refractivity contribution in [2.45, 2.75) is 43.6 Å². The van der Waals surface area contributed by atoms with E-state index in [0.717, 1.165) is 5.56 Å². The highest BCUT2D eigenvalue weighted by Crippen LogP contribution is 2.10. The van der Waals surface area contributed by atoms with Crippen LogP contribution in [0, 0.1) is 5.41 Å². The molecule has 0 aliphatic carbocycles. The number of sulfonamides is 1. The minimum atomic E-state index is -3.95. The molecule has 0 bridgehead atoms. The lowest BCUT2D eigenvalue weighted by Crippen LogP contribution is -2.54. The van der Waals surface area contributed by atoms with Crippen LogP contribution in [-0.4, -0.2) is 44.1 Å². The summed E-state index contributed by atoms with van der Waals surface area (Å²) in [7, 11) is -3.95. The first-order valence-electron chi connectivity index (χ1n) is 12.9. The summed E-state index contributed by atoms with van der Waals surface area (Å²) >= 11 is 0. The van der Waals surface area contributed by atoms with E-state index in [4.69, 9.17) is 16.9 Å². The van der Waals surface area contributed by atoms with E-state index in [1.165, 1.54) is 0 Å². The Morgan fingerprint density at radius 1 is 0.756 bits per heavy atom. The molecular weight excluding hydrogens is 544 g/mol. The van der Waals surface area contributed by atoms with Gasteiger partial charge in [0.2, 0.25) is 27.7 Å². The van der Waals surface area contributed by atoms with Crippen molar-refractivity contribution in [3.8, 4) is 0 Å². The highest BCUT2D eigenvalue weighted by atomic mass is 32.2. The summed E-state index contributed by atoms with van der Waals surface area (Å²) < 4.78 is 28.5. The highest BCUT2D eigenvalue weighted by molar-refractivity contribution is 7.88. The third kappa shape index (κ3) is 10.5. The minimum absolute atomic E-state index is 0.0351. The van der Waals surface area contributed by atoms with Gasteiger partial charge in [-0.15, -0.1) is 0 Å². The smallest absolute Gasteiger partial charge is 0.242 e. The molecule has 11 nitrogen and oxygen atoms in total. The number of nitrogens with two attached hydrogens (primary N) is 2. The van der Waals surface area contributed by atoms with Crippen molar-refractivity contribution in [3.05, 3.63) is 107 Å². The molecule has 3 rings (SSSR count). The number of nitrogen functional groups attached to an aromatic ring is 1. The lowest BCUT2D eigenvalue weighted by atomic mass is 10.0. The molecule has 2 atom stereocenters. The van der Waals surface area contributed by atoms with E-state index in [0.29, 0.717) is 16.7 Å². The predicted molar refractivity (Wildman–Crippen MR) is 156 cm³/mol. The highest BCUT2D eigenvalue weighted by Gasteiger charge is 2.29. The molecule has 41 heavy (non-hydrogen) atoms. The van der Waals surface area contributed by atoms with Crippen LogP contribution in [0.5, 0.6) is 0 Å². The van der Waals surface area contributed by atoms with Gasteiger partial charge in [0.15, 0.2) is 0 Å². The van der Waals surface area contributed by atoms with Gasteiger partial charge < -0.3 is 22.1 Å². The number of carbonyl (C=O) groups excluding carboxylic acids is 3. The van der Waals surface area contributed by atoms with Crippen LogP contribution < -0.4 is 26.8 Å². The third-order valence-electron chi connectivity index (χ3n) is 6.16. The molecule has 0 radical (unpaired) electrons. The summed E-state index contributed by atoms with van der Waals surface area (Å²) in [6, 6.07) is 21.7. The van der Waals surface area contributed by atoms with Crippen molar-refractivity contribution in [2.24, 2.45) is 11.5 Å². The van der Waals surface area contributed by atoms with Crippen LogP contribution in [0.1, 0.15) is 35.1 Å². The number of amides is 3. The molecule has 0 saturated carbocycles. The van der Waals surface area contributed by atoms with Gasteiger partial charge in [-0.3, -0.25) is 19.8 Å². The Bertz CT molecular complexity index is 1450. The fourth-order valence-corrected chi connectivity index (χ4v) is 5.37. The molecule has 0 aliphatic rings. The van der Waals surface area contributed by atoms with Crippen molar-refractivity contribution < 1.29 is 22.8 Å². The van der Waals surface area contributed by atoms with Crippen LogP contribution in [0.3, 0.4) is 0 Å². The molecule has 3 aromatic carbocycles. The zero-order valence-electron chi connectivity index (χ0n) is 22.4. The average molecular weight is 579 g/mol. The van der Waals surface area contributed by atoms with Crippen molar-refractivity contribution >= 4 is 33.6 Å². The van der Waals surface area contributed by atoms with Crippen molar-refractivity contribution in [1.29, 1.82) is 5.41 Å². The van der Waals surface area contributed by atoms with Crippen LogP contribution >= 0.6 is 0 Å². The van der Waals surface area contributed by atoms with Gasteiger partial charge in [-0.1, -0.05) is 84.9 Å². The van der Waals surface area contributed by atoms with Crippen LogP contribution in [-0.2, 0) is 43.1 Å². The lowest BCUT2D eigenvalue weighted by Gasteiger charge is -2.23. The fraction of sp³-hybridized carbons (Fsp3) is 0.241. The molecule has 0 aliphatic heterocycles. The molecule has 0 fully saturated rings. The molecule has 3 aromatic rings. The fourth-order valence-electron chi connectivity index (χ4n) is 4.03. The molecule has 0 aromatic heterocycles. The van der Waals surface area contributed by atoms with Gasteiger partial charge >= 0.3 is 0 Å². The molecule has 0 heterocycles. The maximum absolute atomic E-state index is 13.4.